The molecule has 0 radical (unpaired) electrons. The van der Waals surface area contributed by atoms with E-state index in [9.17, 15) is 20.0 Å². The number of phenols is 1. The lowest BCUT2D eigenvalue weighted by molar-refractivity contribution is -0.385. The number of hydrazone groups is 1. The second-order valence-corrected chi connectivity index (χ2v) is 5.43. The second kappa shape index (κ2) is 7.55. The lowest BCUT2D eigenvalue weighted by Gasteiger charge is -2.06. The molecule has 0 aliphatic carbocycles. The monoisotopic (exact) mass is 393 g/mol. The first kappa shape index (κ1) is 17.4. The number of nitro benzene ring substituents is 1. The molecule has 0 bridgehead atoms. The normalized spacial score (nSPS) is 10.6. The number of carbonyl (C=O) groups excluding carboxylic acids is 1. The highest BCUT2D eigenvalue weighted by Gasteiger charge is 2.17. The van der Waals surface area contributed by atoms with Crippen LogP contribution in [0.5, 0.6) is 11.5 Å². The first-order valence-corrected chi connectivity index (χ1v) is 7.36. The molecule has 8 nitrogen and oxygen atoms in total. The van der Waals surface area contributed by atoms with E-state index in [0.29, 0.717) is 10.2 Å². The third-order valence-corrected chi connectivity index (χ3v) is 3.46. The molecule has 0 unspecified atom stereocenters. The Kier molecular flexibility index (Phi) is 5.48. The van der Waals surface area contributed by atoms with Gasteiger partial charge < -0.3 is 9.84 Å². The molecule has 1 amide bonds. The van der Waals surface area contributed by atoms with E-state index in [1.165, 1.54) is 19.2 Å². The molecule has 0 aromatic heterocycles. The van der Waals surface area contributed by atoms with Gasteiger partial charge in [-0.05, 0) is 18.2 Å². The van der Waals surface area contributed by atoms with Crippen molar-refractivity contribution in [3.63, 3.8) is 0 Å². The van der Waals surface area contributed by atoms with E-state index in [1.807, 2.05) is 0 Å². The highest BCUT2D eigenvalue weighted by molar-refractivity contribution is 9.10. The predicted molar refractivity (Wildman–Crippen MR) is 90.5 cm³/mol. The van der Waals surface area contributed by atoms with Crippen molar-refractivity contribution >= 4 is 33.7 Å². The van der Waals surface area contributed by atoms with Gasteiger partial charge in [-0.25, -0.2) is 5.43 Å². The van der Waals surface area contributed by atoms with Gasteiger partial charge in [0, 0.05) is 16.1 Å². The van der Waals surface area contributed by atoms with Gasteiger partial charge >= 0.3 is 5.69 Å². The number of methoxy groups -OCH3 is 1. The third kappa shape index (κ3) is 3.87. The number of halogens is 1. The van der Waals surface area contributed by atoms with Gasteiger partial charge in [0.05, 0.1) is 23.8 Å². The first-order valence-electron chi connectivity index (χ1n) is 6.57. The van der Waals surface area contributed by atoms with Gasteiger partial charge in [-0.3, -0.25) is 14.9 Å². The molecule has 24 heavy (non-hydrogen) atoms. The number of hydrogen-bond acceptors (Lipinski definition) is 6. The summed E-state index contributed by atoms with van der Waals surface area (Å²) in [5.41, 5.74) is 2.16. The number of nitrogens with one attached hydrogen (secondary N) is 1. The minimum absolute atomic E-state index is 0.0800. The molecular weight excluding hydrogens is 382 g/mol. The Morgan fingerprint density at radius 3 is 2.79 bits per heavy atom. The SMILES string of the molecule is COc1ccccc1C(=O)NN=Cc1cc(Br)cc([N+](=O)[O-])c1O. The maximum absolute atomic E-state index is 12.1. The standard InChI is InChI=1S/C15H12BrN3O5/c1-24-13-5-3-2-4-11(13)15(21)18-17-8-9-6-10(16)7-12(14(9)20)19(22)23/h2-8,20H,1H3,(H,18,21). The van der Waals surface area contributed by atoms with Gasteiger partial charge in [0.2, 0.25) is 5.75 Å². The van der Waals surface area contributed by atoms with Gasteiger partial charge in [0.1, 0.15) is 5.75 Å². The largest absolute Gasteiger partial charge is 0.502 e. The van der Waals surface area contributed by atoms with Crippen molar-refractivity contribution in [1.29, 1.82) is 0 Å². The van der Waals surface area contributed by atoms with Crippen LogP contribution in [-0.2, 0) is 0 Å². The summed E-state index contributed by atoms with van der Waals surface area (Å²) in [6.07, 6.45) is 1.11. The maximum atomic E-state index is 12.1. The Hall–Kier alpha value is -2.94. The molecule has 0 saturated heterocycles. The van der Waals surface area contributed by atoms with E-state index in [4.69, 9.17) is 4.74 Å². The minimum Gasteiger partial charge on any atom is -0.502 e. The summed E-state index contributed by atoms with van der Waals surface area (Å²) in [5.74, 6) is -0.683. The number of para-hydroxylation sites is 1. The van der Waals surface area contributed by atoms with Gasteiger partial charge in [0.25, 0.3) is 5.91 Å². The summed E-state index contributed by atoms with van der Waals surface area (Å²) < 4.78 is 5.47. The van der Waals surface area contributed by atoms with Crippen molar-refractivity contribution in [3.8, 4) is 11.5 Å². The molecule has 9 heteroatoms. The lowest BCUT2D eigenvalue weighted by Crippen LogP contribution is -2.18. The van der Waals surface area contributed by atoms with Crippen LogP contribution in [-0.4, -0.2) is 29.3 Å². The average Bonchev–Trinajstić information content (AvgIpc) is 2.57. The number of carbonyl (C=O) groups is 1. The maximum Gasteiger partial charge on any atom is 0.312 e. The molecule has 0 fully saturated rings. The fourth-order valence-electron chi connectivity index (χ4n) is 1.90. The van der Waals surface area contributed by atoms with E-state index in [0.717, 1.165) is 6.21 Å². The number of rotatable bonds is 5. The van der Waals surface area contributed by atoms with E-state index < -0.39 is 22.3 Å². The third-order valence-electron chi connectivity index (χ3n) is 3.00. The summed E-state index contributed by atoms with van der Waals surface area (Å²) in [6, 6.07) is 9.18. The van der Waals surface area contributed by atoms with E-state index >= 15 is 0 Å². The van der Waals surface area contributed by atoms with Gasteiger partial charge in [-0.2, -0.15) is 5.10 Å². The van der Waals surface area contributed by atoms with Crippen LogP contribution in [0.3, 0.4) is 0 Å². The zero-order chi connectivity index (χ0) is 17.7. The van der Waals surface area contributed by atoms with Crippen LogP contribution in [0, 0.1) is 10.1 Å². The van der Waals surface area contributed by atoms with E-state index in [1.54, 1.807) is 24.3 Å². The molecular formula is C15H12BrN3O5. The van der Waals surface area contributed by atoms with Crippen LogP contribution in [0.4, 0.5) is 5.69 Å². The van der Waals surface area contributed by atoms with Crippen LogP contribution in [0.1, 0.15) is 15.9 Å². The van der Waals surface area contributed by atoms with Crippen molar-refractivity contribution in [1.82, 2.24) is 5.43 Å². The average molecular weight is 394 g/mol. The van der Waals surface area contributed by atoms with Gasteiger partial charge in [0.15, 0.2) is 0 Å². The molecule has 0 atom stereocenters. The number of hydrogen-bond donors (Lipinski definition) is 2. The fraction of sp³-hybridized carbons (Fsp3) is 0.0667. The Labute approximate surface area is 145 Å². The molecule has 2 aromatic rings. The van der Waals surface area contributed by atoms with Crippen molar-refractivity contribution in [2.75, 3.05) is 7.11 Å². The zero-order valence-electron chi connectivity index (χ0n) is 12.4. The van der Waals surface area contributed by atoms with Crippen LogP contribution >= 0.6 is 15.9 Å². The molecule has 0 aliphatic rings. The molecule has 2 N–H and O–H groups in total. The van der Waals surface area contributed by atoms with Gasteiger partial charge in [-0.15, -0.1) is 0 Å². The highest BCUT2D eigenvalue weighted by Crippen LogP contribution is 2.32. The molecule has 0 saturated carbocycles. The second-order valence-electron chi connectivity index (χ2n) is 4.52. The number of amides is 1. The Bertz CT molecular complexity index is 823. The quantitative estimate of drug-likeness (QED) is 0.460. The van der Waals surface area contributed by atoms with Crippen LogP contribution < -0.4 is 10.2 Å². The Balaban J connectivity index is 2.20. The summed E-state index contributed by atoms with van der Waals surface area (Å²) in [4.78, 5) is 22.2. The Morgan fingerprint density at radius 2 is 2.12 bits per heavy atom. The molecule has 124 valence electrons. The molecule has 0 heterocycles. The number of ether oxygens (including phenoxy) is 1. The molecule has 2 rings (SSSR count). The Morgan fingerprint density at radius 1 is 1.42 bits per heavy atom. The summed E-state index contributed by atoms with van der Waals surface area (Å²) in [6.45, 7) is 0. The van der Waals surface area contributed by atoms with Crippen molar-refractivity contribution in [2.24, 2.45) is 5.10 Å². The number of phenolic OH excluding ortho intramolecular Hbond substituents is 1. The molecule has 0 spiro atoms. The number of nitro groups is 1. The molecule has 0 aliphatic heterocycles. The van der Waals surface area contributed by atoms with Crippen LogP contribution in [0.2, 0.25) is 0 Å². The summed E-state index contributed by atoms with van der Waals surface area (Å²) in [5, 5.41) is 24.4. The lowest BCUT2D eigenvalue weighted by atomic mass is 10.2. The number of nitrogens with zero attached hydrogens (tertiary/aromatic N) is 2. The fourth-order valence-corrected chi connectivity index (χ4v) is 2.36. The predicted octanol–water partition coefficient (Wildman–Crippen LogP) is 2.84. The van der Waals surface area contributed by atoms with E-state index in [-0.39, 0.29) is 11.1 Å². The van der Waals surface area contributed by atoms with Crippen LogP contribution in [0.25, 0.3) is 0 Å². The van der Waals surface area contributed by atoms with E-state index in [2.05, 4.69) is 26.5 Å². The molecule has 2 aromatic carbocycles. The summed E-state index contributed by atoms with van der Waals surface area (Å²) >= 11 is 3.11. The van der Waals surface area contributed by atoms with Crippen LogP contribution in [0.15, 0.2) is 46.0 Å². The zero-order valence-corrected chi connectivity index (χ0v) is 14.0. The van der Waals surface area contributed by atoms with Gasteiger partial charge in [-0.1, -0.05) is 28.1 Å². The van der Waals surface area contributed by atoms with Crippen molar-refractivity contribution < 1.29 is 19.6 Å². The highest BCUT2D eigenvalue weighted by atomic mass is 79.9. The number of benzene rings is 2. The topological polar surface area (TPSA) is 114 Å². The smallest absolute Gasteiger partial charge is 0.312 e. The van der Waals surface area contributed by atoms with Crippen molar-refractivity contribution in [2.45, 2.75) is 0 Å². The first-order chi connectivity index (χ1) is 11.4. The minimum atomic E-state index is -0.717. The van der Waals surface area contributed by atoms with Crippen molar-refractivity contribution in [3.05, 3.63) is 62.1 Å². The number of aromatic hydroxyl groups is 1. The summed E-state index contributed by atoms with van der Waals surface area (Å²) in [7, 11) is 1.44.